The minimum atomic E-state index is -3.90. The number of rotatable bonds is 4. The van der Waals surface area contributed by atoms with Gasteiger partial charge in [-0.2, -0.15) is 25.6 Å². The van der Waals surface area contributed by atoms with Crippen LogP contribution < -0.4 is 0 Å². The molecule has 2 atom stereocenters. The van der Waals surface area contributed by atoms with Crippen LogP contribution in [0.5, 0.6) is 0 Å². The number of nitrogens with zero attached hydrogens (tertiary/aromatic N) is 2. The normalized spacial score (nSPS) is 24.0. The van der Waals surface area contributed by atoms with Gasteiger partial charge in [0, 0.05) is 11.8 Å². The fourth-order valence-electron chi connectivity index (χ4n) is 4.38. The highest BCUT2D eigenvalue weighted by Crippen LogP contribution is 2.41. The highest BCUT2D eigenvalue weighted by Gasteiger charge is 2.39. The maximum absolute atomic E-state index is 13.0. The van der Waals surface area contributed by atoms with Crippen LogP contribution in [-0.2, 0) is 20.0 Å². The van der Waals surface area contributed by atoms with Crippen molar-refractivity contribution >= 4 is 31.5 Å². The molecule has 0 fully saturated rings. The number of benzene rings is 2. The van der Waals surface area contributed by atoms with Gasteiger partial charge in [0.15, 0.2) is 0 Å². The Labute approximate surface area is 195 Å². The van der Waals surface area contributed by atoms with Gasteiger partial charge in [0.05, 0.1) is 21.2 Å². The van der Waals surface area contributed by atoms with E-state index in [0.717, 1.165) is 0 Å². The maximum Gasteiger partial charge on any atom is 0.282 e. The first kappa shape index (κ1) is 23.3. The summed E-state index contributed by atoms with van der Waals surface area (Å²) < 4.78 is 60.4. The second kappa shape index (κ2) is 8.83. The standard InChI is InChI=1S/C25H26N2O4S2/c1-17-14-22-23(15-18(17)2)25(27-33(30,31)21-12-8-5-9-13-21)19(3)16-24(22)26-32(28,29)20-10-6-4-7-11-20/h4-13,16,22-23H,14-15H2,1-3H3/b26-24-,27-25-. The van der Waals surface area contributed by atoms with E-state index >= 15 is 0 Å². The van der Waals surface area contributed by atoms with Gasteiger partial charge in [0.1, 0.15) is 0 Å². The van der Waals surface area contributed by atoms with E-state index in [2.05, 4.69) is 8.80 Å². The molecule has 0 N–H and O–H groups in total. The van der Waals surface area contributed by atoms with Crippen molar-refractivity contribution in [1.82, 2.24) is 0 Å². The summed E-state index contributed by atoms with van der Waals surface area (Å²) in [6.07, 6.45) is 2.89. The van der Waals surface area contributed by atoms with Crippen molar-refractivity contribution in [2.75, 3.05) is 0 Å². The molecule has 0 heterocycles. The lowest BCUT2D eigenvalue weighted by atomic mass is 9.68. The molecule has 0 saturated carbocycles. The lowest BCUT2D eigenvalue weighted by molar-refractivity contribution is 0.486. The summed E-state index contributed by atoms with van der Waals surface area (Å²) >= 11 is 0. The van der Waals surface area contributed by atoms with E-state index < -0.39 is 20.0 Å². The van der Waals surface area contributed by atoms with Crippen molar-refractivity contribution in [3.05, 3.63) is 83.5 Å². The second-order valence-electron chi connectivity index (χ2n) is 8.58. The van der Waals surface area contributed by atoms with Crippen molar-refractivity contribution < 1.29 is 16.8 Å². The number of allylic oxidation sites excluding steroid dienone is 4. The molecule has 2 aromatic rings. The molecule has 33 heavy (non-hydrogen) atoms. The zero-order valence-electron chi connectivity index (χ0n) is 18.8. The molecule has 0 spiro atoms. The Morgan fingerprint density at radius 1 is 0.667 bits per heavy atom. The molecule has 172 valence electrons. The molecule has 6 nitrogen and oxygen atoms in total. The Kier molecular flexibility index (Phi) is 6.24. The fraction of sp³-hybridized carbons (Fsp3) is 0.280. The first-order chi connectivity index (χ1) is 15.6. The summed E-state index contributed by atoms with van der Waals surface area (Å²) in [6.45, 7) is 5.82. The van der Waals surface area contributed by atoms with Gasteiger partial charge in [0.2, 0.25) is 0 Å². The summed E-state index contributed by atoms with van der Waals surface area (Å²) in [5.41, 5.74) is 3.88. The van der Waals surface area contributed by atoms with Gasteiger partial charge in [-0.1, -0.05) is 47.5 Å². The third-order valence-corrected chi connectivity index (χ3v) is 8.92. The number of hydrogen-bond donors (Lipinski definition) is 0. The molecular weight excluding hydrogens is 456 g/mol. The highest BCUT2D eigenvalue weighted by atomic mass is 32.2. The fourth-order valence-corrected chi connectivity index (χ4v) is 6.60. The molecular formula is C25H26N2O4S2. The molecule has 0 amide bonds. The van der Waals surface area contributed by atoms with E-state index in [-0.39, 0.29) is 21.6 Å². The van der Waals surface area contributed by atoms with Crippen LogP contribution in [-0.4, -0.2) is 28.3 Å². The Hall–Kier alpha value is -2.84. The van der Waals surface area contributed by atoms with E-state index in [1.54, 1.807) is 49.4 Å². The molecule has 0 aliphatic heterocycles. The monoisotopic (exact) mass is 482 g/mol. The highest BCUT2D eigenvalue weighted by molar-refractivity contribution is 7.90. The van der Waals surface area contributed by atoms with Gasteiger partial charge in [-0.15, -0.1) is 0 Å². The summed E-state index contributed by atoms with van der Waals surface area (Å²) in [5, 5.41) is 0. The topological polar surface area (TPSA) is 93.0 Å². The molecule has 4 rings (SSSR count). The summed E-state index contributed by atoms with van der Waals surface area (Å²) in [7, 11) is -7.79. The van der Waals surface area contributed by atoms with Crippen molar-refractivity contribution in [3.63, 3.8) is 0 Å². The van der Waals surface area contributed by atoms with E-state index in [1.807, 2.05) is 13.8 Å². The van der Waals surface area contributed by atoms with Crippen LogP contribution in [0.25, 0.3) is 0 Å². The SMILES string of the molecule is CC1=CC(=N/S(=O)(=O)c2ccccc2)/C2CC(C)=C(C)CC2/C1=N\S(=O)(=O)c1ccccc1. The molecule has 2 aromatic carbocycles. The molecule has 0 saturated heterocycles. The molecule has 0 bridgehead atoms. The lowest BCUT2D eigenvalue weighted by Gasteiger charge is -2.37. The van der Waals surface area contributed by atoms with Gasteiger partial charge in [-0.3, -0.25) is 0 Å². The van der Waals surface area contributed by atoms with Gasteiger partial charge in [-0.05, 0) is 69.5 Å². The van der Waals surface area contributed by atoms with Crippen molar-refractivity contribution in [2.45, 2.75) is 43.4 Å². The predicted octanol–water partition coefficient (Wildman–Crippen LogP) is 4.97. The predicted molar refractivity (Wildman–Crippen MR) is 130 cm³/mol. The molecule has 2 aliphatic carbocycles. The molecule has 2 unspecified atom stereocenters. The largest absolute Gasteiger partial charge is 0.282 e. The van der Waals surface area contributed by atoms with Gasteiger partial charge in [-0.25, -0.2) is 0 Å². The van der Waals surface area contributed by atoms with Crippen LogP contribution >= 0.6 is 0 Å². The van der Waals surface area contributed by atoms with Crippen molar-refractivity contribution in [3.8, 4) is 0 Å². The first-order valence-electron chi connectivity index (χ1n) is 10.7. The Morgan fingerprint density at radius 3 is 1.64 bits per heavy atom. The van der Waals surface area contributed by atoms with Crippen LogP contribution in [0.3, 0.4) is 0 Å². The quantitative estimate of drug-likeness (QED) is 0.575. The van der Waals surface area contributed by atoms with Gasteiger partial charge < -0.3 is 0 Å². The third-order valence-electron chi connectivity index (χ3n) is 6.29. The van der Waals surface area contributed by atoms with Crippen LogP contribution in [0.15, 0.2) is 102 Å². The van der Waals surface area contributed by atoms with Crippen molar-refractivity contribution in [2.24, 2.45) is 20.6 Å². The Morgan fingerprint density at radius 2 is 1.12 bits per heavy atom. The zero-order chi connectivity index (χ0) is 23.8. The third kappa shape index (κ3) is 4.77. The van der Waals surface area contributed by atoms with E-state index in [0.29, 0.717) is 29.8 Å². The summed E-state index contributed by atoms with van der Waals surface area (Å²) in [5.74, 6) is -0.525. The number of fused-ring (bicyclic) bond motifs is 1. The molecule has 0 aromatic heterocycles. The average Bonchev–Trinajstić information content (AvgIpc) is 2.79. The minimum absolute atomic E-state index is 0.130. The van der Waals surface area contributed by atoms with E-state index in [4.69, 9.17) is 0 Å². The molecule has 0 radical (unpaired) electrons. The average molecular weight is 483 g/mol. The number of sulfonamides is 2. The summed E-state index contributed by atoms with van der Waals surface area (Å²) in [6, 6.07) is 16.2. The second-order valence-corrected chi connectivity index (χ2v) is 11.8. The van der Waals surface area contributed by atoms with Gasteiger partial charge in [0.25, 0.3) is 20.0 Å². The van der Waals surface area contributed by atoms with Crippen LogP contribution in [0.4, 0.5) is 0 Å². The maximum atomic E-state index is 13.0. The first-order valence-corrected chi connectivity index (χ1v) is 13.6. The van der Waals surface area contributed by atoms with Crippen LogP contribution in [0, 0.1) is 11.8 Å². The minimum Gasteiger partial charge on any atom is -0.199 e. The van der Waals surface area contributed by atoms with Gasteiger partial charge >= 0.3 is 0 Å². The van der Waals surface area contributed by atoms with E-state index in [9.17, 15) is 16.8 Å². The van der Waals surface area contributed by atoms with Crippen LogP contribution in [0.2, 0.25) is 0 Å². The summed E-state index contributed by atoms with van der Waals surface area (Å²) in [4.78, 5) is 0.262. The van der Waals surface area contributed by atoms with E-state index in [1.165, 1.54) is 35.4 Å². The zero-order valence-corrected chi connectivity index (χ0v) is 20.4. The van der Waals surface area contributed by atoms with Crippen LogP contribution in [0.1, 0.15) is 33.6 Å². The molecule has 2 aliphatic rings. The lowest BCUT2D eigenvalue weighted by Crippen LogP contribution is -2.38. The Balaban J connectivity index is 1.85. The van der Waals surface area contributed by atoms with Crippen molar-refractivity contribution in [1.29, 1.82) is 0 Å². The number of hydrogen-bond acceptors (Lipinski definition) is 4. The smallest absolute Gasteiger partial charge is 0.199 e. The Bertz CT molecular complexity index is 1400. The molecule has 8 heteroatoms.